The minimum Gasteiger partial charge on any atom is -0.467 e. The smallest absolute Gasteiger partial charge is 0.333 e. The third-order valence-corrected chi connectivity index (χ3v) is 3.53. The fraction of sp³-hybridized carbons (Fsp3) is 0.188. The summed E-state index contributed by atoms with van der Waals surface area (Å²) in [6, 6.07) is 11.2. The van der Waals surface area contributed by atoms with Gasteiger partial charge in [0, 0.05) is 15.7 Å². The van der Waals surface area contributed by atoms with Crippen molar-refractivity contribution in [3.8, 4) is 0 Å². The predicted octanol–water partition coefficient (Wildman–Crippen LogP) is 4.22. The van der Waals surface area contributed by atoms with Crippen LogP contribution in [0.1, 0.15) is 17.2 Å². The van der Waals surface area contributed by atoms with Crippen LogP contribution in [0.25, 0.3) is 0 Å². The Morgan fingerprint density at radius 1 is 1.29 bits per heavy atom. The van der Waals surface area contributed by atoms with E-state index in [1.54, 1.807) is 12.1 Å². The number of carbonyl (C=O) groups is 1. The number of aryl methyl sites for hydroxylation is 1. The first kappa shape index (κ1) is 15.5. The van der Waals surface area contributed by atoms with Crippen molar-refractivity contribution < 1.29 is 13.9 Å². The largest absolute Gasteiger partial charge is 0.467 e. The molecule has 1 atom stereocenters. The van der Waals surface area contributed by atoms with Crippen molar-refractivity contribution in [2.24, 2.45) is 0 Å². The maximum Gasteiger partial charge on any atom is 0.333 e. The summed E-state index contributed by atoms with van der Waals surface area (Å²) in [6.07, 6.45) is 0. The molecule has 0 amide bonds. The number of ether oxygens (including phenoxy) is 1. The van der Waals surface area contributed by atoms with Gasteiger partial charge in [0.1, 0.15) is 5.82 Å². The fourth-order valence-corrected chi connectivity index (χ4v) is 2.35. The molecular weight excluding hydrogens is 337 g/mol. The molecule has 0 aliphatic rings. The van der Waals surface area contributed by atoms with Crippen LogP contribution in [0.2, 0.25) is 0 Å². The van der Waals surface area contributed by atoms with E-state index in [1.165, 1.54) is 13.2 Å². The number of hydrogen-bond acceptors (Lipinski definition) is 3. The van der Waals surface area contributed by atoms with Gasteiger partial charge < -0.3 is 10.1 Å². The standard InChI is InChI=1S/C16H15BrFNO2/c1-10-4-3-5-12(8-10)19-15(16(20)21-2)13-7-6-11(17)9-14(13)18/h3-9,15,19H,1-2H3. The van der Waals surface area contributed by atoms with Gasteiger partial charge in [0.2, 0.25) is 0 Å². The SMILES string of the molecule is COC(=O)C(Nc1cccc(C)c1)c1ccc(Br)cc1F. The van der Waals surface area contributed by atoms with Crippen LogP contribution in [0.15, 0.2) is 46.9 Å². The number of hydrogen-bond donors (Lipinski definition) is 1. The van der Waals surface area contributed by atoms with Crippen LogP contribution >= 0.6 is 15.9 Å². The molecule has 110 valence electrons. The number of benzene rings is 2. The first-order valence-corrected chi connectivity index (χ1v) is 7.16. The van der Waals surface area contributed by atoms with Crippen molar-refractivity contribution in [2.75, 3.05) is 12.4 Å². The molecule has 2 aromatic carbocycles. The first-order valence-electron chi connectivity index (χ1n) is 6.37. The Kier molecular flexibility index (Phi) is 4.96. The average Bonchev–Trinajstić information content (AvgIpc) is 2.45. The molecule has 0 aliphatic heterocycles. The average molecular weight is 352 g/mol. The highest BCUT2D eigenvalue weighted by atomic mass is 79.9. The number of nitrogens with one attached hydrogen (secondary N) is 1. The Hall–Kier alpha value is -1.88. The van der Waals surface area contributed by atoms with Gasteiger partial charge in [0.25, 0.3) is 0 Å². The lowest BCUT2D eigenvalue weighted by Gasteiger charge is -2.19. The van der Waals surface area contributed by atoms with Crippen LogP contribution in [0.3, 0.4) is 0 Å². The molecule has 0 radical (unpaired) electrons. The maximum atomic E-state index is 14.1. The van der Waals surface area contributed by atoms with E-state index < -0.39 is 17.8 Å². The molecule has 0 bridgehead atoms. The Labute approximate surface area is 131 Å². The van der Waals surface area contributed by atoms with Gasteiger partial charge in [-0.3, -0.25) is 0 Å². The fourth-order valence-electron chi connectivity index (χ4n) is 2.02. The van der Waals surface area contributed by atoms with Gasteiger partial charge in [-0.05, 0) is 36.8 Å². The van der Waals surface area contributed by atoms with Gasteiger partial charge in [0.05, 0.1) is 7.11 Å². The Bertz CT molecular complexity index is 660. The summed E-state index contributed by atoms with van der Waals surface area (Å²) in [6.45, 7) is 1.94. The Morgan fingerprint density at radius 3 is 2.67 bits per heavy atom. The van der Waals surface area contributed by atoms with Gasteiger partial charge in [-0.2, -0.15) is 0 Å². The second-order valence-electron chi connectivity index (χ2n) is 4.64. The summed E-state index contributed by atoms with van der Waals surface area (Å²) >= 11 is 3.20. The zero-order chi connectivity index (χ0) is 15.4. The molecule has 1 N–H and O–H groups in total. The van der Waals surface area contributed by atoms with E-state index in [9.17, 15) is 9.18 Å². The zero-order valence-electron chi connectivity index (χ0n) is 11.7. The summed E-state index contributed by atoms with van der Waals surface area (Å²) < 4.78 is 19.5. The number of halogens is 2. The molecule has 3 nitrogen and oxygen atoms in total. The quantitative estimate of drug-likeness (QED) is 0.838. The second-order valence-corrected chi connectivity index (χ2v) is 5.55. The molecule has 0 saturated heterocycles. The van der Waals surface area contributed by atoms with Crippen LogP contribution in [-0.2, 0) is 9.53 Å². The van der Waals surface area contributed by atoms with Gasteiger partial charge >= 0.3 is 5.97 Å². The summed E-state index contributed by atoms with van der Waals surface area (Å²) in [7, 11) is 1.28. The van der Waals surface area contributed by atoms with Crippen molar-refractivity contribution in [1.29, 1.82) is 0 Å². The second kappa shape index (κ2) is 6.72. The van der Waals surface area contributed by atoms with Crippen LogP contribution in [0, 0.1) is 12.7 Å². The molecule has 0 spiro atoms. The lowest BCUT2D eigenvalue weighted by molar-refractivity contribution is -0.141. The van der Waals surface area contributed by atoms with E-state index in [4.69, 9.17) is 4.74 Å². The lowest BCUT2D eigenvalue weighted by Crippen LogP contribution is -2.23. The predicted molar refractivity (Wildman–Crippen MR) is 83.7 cm³/mol. The summed E-state index contributed by atoms with van der Waals surface area (Å²) in [4.78, 5) is 12.0. The van der Waals surface area contributed by atoms with Crippen LogP contribution in [0.5, 0.6) is 0 Å². The molecule has 0 heterocycles. The van der Waals surface area contributed by atoms with Gasteiger partial charge in [0.15, 0.2) is 6.04 Å². The summed E-state index contributed by atoms with van der Waals surface area (Å²) in [5.41, 5.74) is 2.01. The minimum atomic E-state index is -0.898. The first-order chi connectivity index (χ1) is 10.0. The molecule has 2 rings (SSSR count). The van der Waals surface area contributed by atoms with Crippen molar-refractivity contribution in [2.45, 2.75) is 13.0 Å². The van der Waals surface area contributed by atoms with E-state index in [-0.39, 0.29) is 5.56 Å². The minimum absolute atomic E-state index is 0.242. The number of rotatable bonds is 4. The topological polar surface area (TPSA) is 38.3 Å². The maximum absolute atomic E-state index is 14.1. The normalized spacial score (nSPS) is 11.8. The lowest BCUT2D eigenvalue weighted by atomic mass is 10.1. The van der Waals surface area contributed by atoms with E-state index >= 15 is 0 Å². The molecule has 0 saturated carbocycles. The molecule has 0 aromatic heterocycles. The number of methoxy groups -OCH3 is 1. The van der Waals surface area contributed by atoms with E-state index in [0.29, 0.717) is 4.47 Å². The summed E-state index contributed by atoms with van der Waals surface area (Å²) in [5.74, 6) is -1.02. The summed E-state index contributed by atoms with van der Waals surface area (Å²) in [5, 5.41) is 3.02. The van der Waals surface area contributed by atoms with Crippen molar-refractivity contribution in [1.82, 2.24) is 0 Å². The Morgan fingerprint density at radius 2 is 2.05 bits per heavy atom. The number of carbonyl (C=O) groups excluding carboxylic acids is 1. The van der Waals surface area contributed by atoms with Crippen molar-refractivity contribution in [3.63, 3.8) is 0 Å². The van der Waals surface area contributed by atoms with Crippen LogP contribution < -0.4 is 5.32 Å². The molecule has 1 unspecified atom stereocenters. The molecular formula is C16H15BrFNO2. The van der Waals surface area contributed by atoms with Gasteiger partial charge in [-0.1, -0.05) is 34.1 Å². The van der Waals surface area contributed by atoms with Crippen LogP contribution in [-0.4, -0.2) is 13.1 Å². The van der Waals surface area contributed by atoms with Crippen molar-refractivity contribution >= 4 is 27.6 Å². The van der Waals surface area contributed by atoms with E-state index in [0.717, 1.165) is 11.3 Å². The highest BCUT2D eigenvalue weighted by molar-refractivity contribution is 9.10. The molecule has 21 heavy (non-hydrogen) atoms. The van der Waals surface area contributed by atoms with Crippen molar-refractivity contribution in [3.05, 3.63) is 63.9 Å². The third kappa shape index (κ3) is 3.82. The van der Waals surface area contributed by atoms with Gasteiger partial charge in [-0.15, -0.1) is 0 Å². The van der Waals surface area contributed by atoms with Gasteiger partial charge in [-0.25, -0.2) is 9.18 Å². The molecule has 0 aliphatic carbocycles. The zero-order valence-corrected chi connectivity index (χ0v) is 13.3. The molecule has 5 heteroatoms. The highest BCUT2D eigenvalue weighted by Gasteiger charge is 2.24. The third-order valence-electron chi connectivity index (χ3n) is 3.04. The number of esters is 1. The highest BCUT2D eigenvalue weighted by Crippen LogP contribution is 2.26. The van der Waals surface area contributed by atoms with Crippen LogP contribution in [0.4, 0.5) is 10.1 Å². The monoisotopic (exact) mass is 351 g/mol. The molecule has 0 fully saturated rings. The van der Waals surface area contributed by atoms with E-state index in [1.807, 2.05) is 31.2 Å². The Balaban J connectivity index is 2.37. The molecule has 2 aromatic rings. The van der Waals surface area contributed by atoms with E-state index in [2.05, 4.69) is 21.2 Å². The number of anilines is 1.